The van der Waals surface area contributed by atoms with Crippen molar-refractivity contribution in [3.63, 3.8) is 0 Å². The summed E-state index contributed by atoms with van der Waals surface area (Å²) in [6.07, 6.45) is 3.37. The summed E-state index contributed by atoms with van der Waals surface area (Å²) >= 11 is 5.87. The quantitative estimate of drug-likeness (QED) is 0.434. The van der Waals surface area contributed by atoms with Gasteiger partial charge in [-0.15, -0.1) is 0 Å². The Hall–Kier alpha value is -3.65. The molecule has 2 aromatic carbocycles. The highest BCUT2D eigenvalue weighted by molar-refractivity contribution is 6.30. The van der Waals surface area contributed by atoms with Crippen LogP contribution in [0.2, 0.25) is 5.02 Å². The van der Waals surface area contributed by atoms with E-state index < -0.39 is 0 Å². The van der Waals surface area contributed by atoms with E-state index >= 15 is 0 Å². The fourth-order valence-corrected chi connectivity index (χ4v) is 3.88. The van der Waals surface area contributed by atoms with Crippen LogP contribution in [0.25, 0.3) is 22.6 Å². The first-order chi connectivity index (χ1) is 16.1. The zero-order valence-electron chi connectivity index (χ0n) is 17.6. The molecule has 0 radical (unpaired) electrons. The van der Waals surface area contributed by atoms with Gasteiger partial charge >= 0.3 is 0 Å². The second kappa shape index (κ2) is 9.07. The van der Waals surface area contributed by atoms with Crippen LogP contribution in [0.5, 0.6) is 5.75 Å². The number of hydrogen-bond acceptors (Lipinski definition) is 6. The zero-order chi connectivity index (χ0) is 22.8. The van der Waals surface area contributed by atoms with Crippen LogP contribution in [-0.4, -0.2) is 53.6 Å². The number of carbonyl (C=O) groups excluding carboxylic acids is 1. The summed E-state index contributed by atoms with van der Waals surface area (Å²) < 4.78 is 24.7. The molecule has 7 nitrogen and oxygen atoms in total. The van der Waals surface area contributed by atoms with E-state index in [-0.39, 0.29) is 18.3 Å². The molecule has 1 aliphatic rings. The maximum atomic E-state index is 13.2. The number of piperazine rings is 1. The van der Waals surface area contributed by atoms with E-state index in [9.17, 15) is 9.18 Å². The molecule has 0 N–H and O–H groups in total. The number of anilines is 1. The summed E-state index contributed by atoms with van der Waals surface area (Å²) in [5.41, 5.74) is 2.78. The number of ether oxygens (including phenoxy) is 1. The molecule has 5 rings (SSSR count). The van der Waals surface area contributed by atoms with E-state index in [2.05, 4.69) is 14.9 Å². The predicted octanol–water partition coefficient (Wildman–Crippen LogP) is 4.41. The monoisotopic (exact) mass is 466 g/mol. The standard InChI is InChI=1S/C24H20ClFN4O3/c25-17-3-7-19(8-4-17)32-15-22(31)30-11-9-29(10-12-30)20-13-27-14-21-23(20)28-24(33-21)16-1-5-18(26)6-2-16/h1-8,13-14H,9-12,15H2. The minimum absolute atomic E-state index is 0.0247. The largest absolute Gasteiger partial charge is 0.484 e. The summed E-state index contributed by atoms with van der Waals surface area (Å²) in [5.74, 6) is 0.628. The third-order valence-electron chi connectivity index (χ3n) is 5.52. The van der Waals surface area contributed by atoms with Crippen LogP contribution in [0.3, 0.4) is 0 Å². The molecular weight excluding hydrogens is 447 g/mol. The van der Waals surface area contributed by atoms with Gasteiger partial charge in [0.1, 0.15) is 17.1 Å². The Morgan fingerprint density at radius 2 is 1.76 bits per heavy atom. The van der Waals surface area contributed by atoms with Crippen molar-refractivity contribution >= 4 is 34.3 Å². The molecule has 1 saturated heterocycles. The molecule has 33 heavy (non-hydrogen) atoms. The van der Waals surface area contributed by atoms with Crippen molar-refractivity contribution in [1.82, 2.24) is 14.9 Å². The van der Waals surface area contributed by atoms with E-state index in [1.54, 1.807) is 53.7 Å². The molecule has 168 valence electrons. The maximum Gasteiger partial charge on any atom is 0.260 e. The second-order valence-corrected chi connectivity index (χ2v) is 8.08. The molecule has 3 heterocycles. The van der Waals surface area contributed by atoms with Crippen LogP contribution in [-0.2, 0) is 4.79 Å². The lowest BCUT2D eigenvalue weighted by atomic mass is 10.2. The highest BCUT2D eigenvalue weighted by Crippen LogP contribution is 2.30. The van der Waals surface area contributed by atoms with Gasteiger partial charge in [-0.2, -0.15) is 0 Å². The molecule has 0 bridgehead atoms. The SMILES string of the molecule is O=C(COc1ccc(Cl)cc1)N1CCN(c2cncc3oc(-c4ccc(F)cc4)nc23)CC1. The Kier molecular flexibility index (Phi) is 5.83. The number of amides is 1. The van der Waals surface area contributed by atoms with Crippen LogP contribution >= 0.6 is 11.6 Å². The molecule has 0 atom stereocenters. The van der Waals surface area contributed by atoms with Crippen molar-refractivity contribution < 1.29 is 18.3 Å². The van der Waals surface area contributed by atoms with E-state index in [1.165, 1.54) is 12.1 Å². The van der Waals surface area contributed by atoms with Gasteiger partial charge in [0.05, 0.1) is 18.1 Å². The average molecular weight is 467 g/mol. The molecule has 0 saturated carbocycles. The van der Waals surface area contributed by atoms with E-state index in [0.717, 1.165) is 5.69 Å². The Balaban J connectivity index is 1.25. The van der Waals surface area contributed by atoms with E-state index in [1.807, 2.05) is 0 Å². The third kappa shape index (κ3) is 4.61. The van der Waals surface area contributed by atoms with Crippen molar-refractivity contribution in [1.29, 1.82) is 0 Å². The summed E-state index contributed by atoms with van der Waals surface area (Å²) in [6, 6.07) is 12.9. The number of nitrogens with zero attached hydrogens (tertiary/aromatic N) is 4. The average Bonchev–Trinajstić information content (AvgIpc) is 3.28. The summed E-state index contributed by atoms with van der Waals surface area (Å²) in [7, 11) is 0. The number of carbonyl (C=O) groups is 1. The van der Waals surface area contributed by atoms with Crippen LogP contribution in [0, 0.1) is 5.82 Å². The number of halogens is 2. The molecule has 0 spiro atoms. The van der Waals surface area contributed by atoms with Crippen molar-refractivity contribution in [2.45, 2.75) is 0 Å². The van der Waals surface area contributed by atoms with Crippen molar-refractivity contribution in [2.75, 3.05) is 37.7 Å². The molecule has 1 fully saturated rings. The fourth-order valence-electron chi connectivity index (χ4n) is 3.75. The first kappa shape index (κ1) is 21.2. The number of pyridine rings is 1. The van der Waals surface area contributed by atoms with Gasteiger partial charge in [0, 0.05) is 36.8 Å². The lowest BCUT2D eigenvalue weighted by Gasteiger charge is -2.35. The van der Waals surface area contributed by atoms with Gasteiger partial charge in [0.25, 0.3) is 5.91 Å². The predicted molar refractivity (Wildman–Crippen MR) is 123 cm³/mol. The number of fused-ring (bicyclic) bond motifs is 1. The molecule has 1 aliphatic heterocycles. The highest BCUT2D eigenvalue weighted by Gasteiger charge is 2.24. The smallest absolute Gasteiger partial charge is 0.260 e. The summed E-state index contributed by atoms with van der Waals surface area (Å²) in [5, 5.41) is 0.617. The normalized spacial score (nSPS) is 14.0. The van der Waals surface area contributed by atoms with Gasteiger partial charge in [-0.1, -0.05) is 11.6 Å². The van der Waals surface area contributed by atoms with E-state index in [4.69, 9.17) is 20.8 Å². The number of aromatic nitrogens is 2. The van der Waals surface area contributed by atoms with Crippen LogP contribution in [0.4, 0.5) is 10.1 Å². The number of oxazole rings is 1. The van der Waals surface area contributed by atoms with Gasteiger partial charge in [-0.25, -0.2) is 9.37 Å². The molecule has 1 amide bonds. The maximum absolute atomic E-state index is 13.2. The van der Waals surface area contributed by atoms with Crippen LogP contribution in [0.15, 0.2) is 65.3 Å². The molecule has 0 aliphatic carbocycles. The molecule has 9 heteroatoms. The fraction of sp³-hybridized carbons (Fsp3) is 0.208. The lowest BCUT2D eigenvalue weighted by molar-refractivity contribution is -0.133. The third-order valence-corrected chi connectivity index (χ3v) is 5.78. The van der Waals surface area contributed by atoms with Gasteiger partial charge < -0.3 is 19.0 Å². The summed E-state index contributed by atoms with van der Waals surface area (Å²) in [4.78, 5) is 25.4. The first-order valence-electron chi connectivity index (χ1n) is 10.5. The number of rotatable bonds is 5. The lowest BCUT2D eigenvalue weighted by Crippen LogP contribution is -2.50. The number of benzene rings is 2. The molecule has 2 aromatic heterocycles. The zero-order valence-corrected chi connectivity index (χ0v) is 18.3. The van der Waals surface area contributed by atoms with Gasteiger partial charge in [0.15, 0.2) is 12.2 Å². The Bertz CT molecular complexity index is 1270. The molecule has 4 aromatic rings. The van der Waals surface area contributed by atoms with Gasteiger partial charge in [0.2, 0.25) is 5.89 Å². The minimum atomic E-state index is -0.316. The second-order valence-electron chi connectivity index (χ2n) is 7.64. The topological polar surface area (TPSA) is 71.7 Å². The Morgan fingerprint density at radius 3 is 2.48 bits per heavy atom. The Labute approximate surface area is 194 Å². The molecular formula is C24H20ClFN4O3. The summed E-state index contributed by atoms with van der Waals surface area (Å²) in [6.45, 7) is 2.35. The van der Waals surface area contributed by atoms with E-state index in [0.29, 0.717) is 59.5 Å². The minimum Gasteiger partial charge on any atom is -0.484 e. The van der Waals surface area contributed by atoms with Crippen LogP contribution in [0.1, 0.15) is 0 Å². The number of hydrogen-bond donors (Lipinski definition) is 0. The molecule has 0 unspecified atom stereocenters. The Morgan fingerprint density at radius 1 is 1.03 bits per heavy atom. The van der Waals surface area contributed by atoms with Crippen molar-refractivity contribution in [3.05, 3.63) is 71.8 Å². The van der Waals surface area contributed by atoms with Gasteiger partial charge in [-0.3, -0.25) is 9.78 Å². The van der Waals surface area contributed by atoms with Crippen molar-refractivity contribution in [3.8, 4) is 17.2 Å². The van der Waals surface area contributed by atoms with Crippen LogP contribution < -0.4 is 9.64 Å². The van der Waals surface area contributed by atoms with Gasteiger partial charge in [-0.05, 0) is 48.5 Å². The van der Waals surface area contributed by atoms with Crippen molar-refractivity contribution in [2.24, 2.45) is 0 Å². The first-order valence-corrected chi connectivity index (χ1v) is 10.9. The highest BCUT2D eigenvalue weighted by atomic mass is 35.5.